The summed E-state index contributed by atoms with van der Waals surface area (Å²) in [6, 6.07) is 5.63. The van der Waals surface area contributed by atoms with Crippen molar-refractivity contribution in [2.45, 2.75) is 6.18 Å². The number of benzene rings is 2. The average molecular weight is 458 g/mol. The molecule has 0 radical (unpaired) electrons. The predicted octanol–water partition coefficient (Wildman–Crippen LogP) is 4.47. The number of fused-ring (bicyclic) bond motifs is 3. The summed E-state index contributed by atoms with van der Waals surface area (Å²) in [6.07, 6.45) is -3.08. The van der Waals surface area contributed by atoms with Crippen LogP contribution in [0.5, 0.6) is 5.75 Å². The highest BCUT2D eigenvalue weighted by Crippen LogP contribution is 2.43. The Bertz CT molecular complexity index is 1270. The SMILES string of the molecule is COc1c(Nc2nc3c(ccc4c3ncn4C)s2)cc(C(N)=O)cc1C(F)(F)F.Cl. The lowest BCUT2D eigenvalue weighted by Crippen LogP contribution is -2.15. The second kappa shape index (κ2) is 7.65. The largest absolute Gasteiger partial charge is 0.494 e. The van der Waals surface area contributed by atoms with Crippen LogP contribution in [0.3, 0.4) is 0 Å². The first-order valence-corrected chi connectivity index (χ1v) is 9.07. The van der Waals surface area contributed by atoms with Crippen molar-refractivity contribution in [2.75, 3.05) is 12.4 Å². The van der Waals surface area contributed by atoms with Crippen LogP contribution in [-0.2, 0) is 13.2 Å². The molecule has 3 N–H and O–H groups in total. The summed E-state index contributed by atoms with van der Waals surface area (Å²) in [4.78, 5) is 20.3. The molecule has 2 aromatic carbocycles. The van der Waals surface area contributed by atoms with Crippen LogP contribution in [0.15, 0.2) is 30.6 Å². The number of methoxy groups -OCH3 is 1. The third kappa shape index (κ3) is 3.61. The summed E-state index contributed by atoms with van der Waals surface area (Å²) in [5.74, 6) is -1.44. The minimum Gasteiger partial charge on any atom is -0.494 e. The van der Waals surface area contributed by atoms with Crippen molar-refractivity contribution in [3.05, 3.63) is 41.7 Å². The van der Waals surface area contributed by atoms with Gasteiger partial charge in [0.25, 0.3) is 0 Å². The Kier molecular flexibility index (Phi) is 5.52. The second-order valence-corrected chi connectivity index (χ2v) is 7.28. The monoisotopic (exact) mass is 457 g/mol. The molecular formula is C18H15ClF3N5O2S. The fraction of sp³-hybridized carbons (Fsp3) is 0.167. The maximum atomic E-state index is 13.5. The first-order valence-electron chi connectivity index (χ1n) is 8.25. The highest BCUT2D eigenvalue weighted by Gasteiger charge is 2.36. The van der Waals surface area contributed by atoms with Gasteiger partial charge in [0, 0.05) is 12.6 Å². The van der Waals surface area contributed by atoms with E-state index in [4.69, 9.17) is 10.5 Å². The number of rotatable bonds is 4. The number of nitrogens with zero attached hydrogens (tertiary/aromatic N) is 3. The molecule has 0 saturated heterocycles. The lowest BCUT2D eigenvalue weighted by atomic mass is 10.1. The Labute approximate surface area is 178 Å². The fourth-order valence-electron chi connectivity index (χ4n) is 3.05. The van der Waals surface area contributed by atoms with Crippen LogP contribution in [0.4, 0.5) is 24.0 Å². The van der Waals surface area contributed by atoms with Crippen LogP contribution in [0.1, 0.15) is 15.9 Å². The van der Waals surface area contributed by atoms with Crippen molar-refractivity contribution in [1.82, 2.24) is 14.5 Å². The zero-order valence-electron chi connectivity index (χ0n) is 15.6. The van der Waals surface area contributed by atoms with E-state index < -0.39 is 23.4 Å². The topological polar surface area (TPSA) is 95.1 Å². The smallest absolute Gasteiger partial charge is 0.420 e. The lowest BCUT2D eigenvalue weighted by molar-refractivity contribution is -0.138. The van der Waals surface area contributed by atoms with Crippen molar-refractivity contribution >= 4 is 61.7 Å². The van der Waals surface area contributed by atoms with Crippen LogP contribution in [0.2, 0.25) is 0 Å². The number of ether oxygens (including phenoxy) is 1. The van der Waals surface area contributed by atoms with E-state index in [9.17, 15) is 18.0 Å². The summed E-state index contributed by atoms with van der Waals surface area (Å²) in [5.41, 5.74) is 5.92. The van der Waals surface area contributed by atoms with Crippen LogP contribution in [0.25, 0.3) is 21.3 Å². The molecule has 0 aliphatic heterocycles. The zero-order chi connectivity index (χ0) is 20.9. The van der Waals surface area contributed by atoms with Gasteiger partial charge in [-0.05, 0) is 24.3 Å². The van der Waals surface area contributed by atoms with Crippen LogP contribution in [-0.4, -0.2) is 27.6 Å². The van der Waals surface area contributed by atoms with Gasteiger partial charge in [0.1, 0.15) is 16.6 Å². The van der Waals surface area contributed by atoms with E-state index in [2.05, 4.69) is 15.3 Å². The van der Waals surface area contributed by atoms with Gasteiger partial charge in [-0.2, -0.15) is 13.2 Å². The van der Waals surface area contributed by atoms with Crippen LogP contribution in [0, 0.1) is 0 Å². The van der Waals surface area contributed by atoms with Crippen LogP contribution >= 0.6 is 23.7 Å². The highest BCUT2D eigenvalue weighted by molar-refractivity contribution is 7.22. The number of hydrogen-bond acceptors (Lipinski definition) is 6. The van der Waals surface area contributed by atoms with E-state index in [1.54, 1.807) is 6.33 Å². The van der Waals surface area contributed by atoms with Gasteiger partial charge in [-0.25, -0.2) is 9.97 Å². The van der Waals surface area contributed by atoms with Gasteiger partial charge in [0.15, 0.2) is 10.9 Å². The highest BCUT2D eigenvalue weighted by atomic mass is 35.5. The van der Waals surface area contributed by atoms with Gasteiger partial charge in [-0.15, -0.1) is 12.4 Å². The molecule has 158 valence electrons. The normalized spacial score (nSPS) is 11.5. The molecule has 0 atom stereocenters. The van der Waals surface area contributed by atoms with E-state index in [1.165, 1.54) is 17.4 Å². The van der Waals surface area contributed by atoms with Crippen molar-refractivity contribution in [3.8, 4) is 5.75 Å². The summed E-state index contributed by atoms with van der Waals surface area (Å²) < 4.78 is 48.0. The van der Waals surface area contributed by atoms with E-state index in [1.807, 2.05) is 23.7 Å². The van der Waals surface area contributed by atoms with Crippen molar-refractivity contribution < 1.29 is 22.7 Å². The second-order valence-electron chi connectivity index (χ2n) is 6.25. The van der Waals surface area contributed by atoms with E-state index in [0.29, 0.717) is 22.2 Å². The van der Waals surface area contributed by atoms with Gasteiger partial charge >= 0.3 is 6.18 Å². The molecule has 0 aliphatic carbocycles. The molecule has 12 heteroatoms. The molecule has 2 aromatic heterocycles. The maximum absolute atomic E-state index is 13.5. The number of amides is 1. The number of carbonyl (C=O) groups is 1. The fourth-order valence-corrected chi connectivity index (χ4v) is 3.93. The molecule has 4 rings (SSSR count). The van der Waals surface area contributed by atoms with Crippen molar-refractivity contribution in [2.24, 2.45) is 12.8 Å². The Morgan fingerprint density at radius 1 is 1.27 bits per heavy atom. The zero-order valence-corrected chi connectivity index (χ0v) is 17.2. The number of imidazole rings is 1. The Balaban J connectivity index is 0.00000256. The maximum Gasteiger partial charge on any atom is 0.420 e. The summed E-state index contributed by atoms with van der Waals surface area (Å²) in [5, 5.41) is 3.16. The first kappa shape index (κ1) is 21.7. The number of nitrogens with two attached hydrogens (primary N) is 1. The number of aromatic nitrogens is 3. The van der Waals surface area contributed by atoms with Crippen molar-refractivity contribution in [3.63, 3.8) is 0 Å². The molecule has 0 bridgehead atoms. The van der Waals surface area contributed by atoms with Gasteiger partial charge in [-0.1, -0.05) is 11.3 Å². The lowest BCUT2D eigenvalue weighted by Gasteiger charge is -2.17. The average Bonchev–Trinajstić information content (AvgIpc) is 3.23. The third-order valence-electron chi connectivity index (χ3n) is 4.38. The Morgan fingerprint density at radius 3 is 2.63 bits per heavy atom. The summed E-state index contributed by atoms with van der Waals surface area (Å²) >= 11 is 1.24. The van der Waals surface area contributed by atoms with Gasteiger partial charge in [-0.3, -0.25) is 4.79 Å². The molecule has 0 unspecified atom stereocenters. The number of primary amides is 1. The number of carbonyl (C=O) groups excluding carboxylic acids is 1. The van der Waals surface area contributed by atoms with Gasteiger partial charge in [0.2, 0.25) is 5.91 Å². The number of thiazole rings is 1. The minimum atomic E-state index is -4.74. The number of alkyl halides is 3. The molecular weight excluding hydrogens is 443 g/mol. The molecule has 7 nitrogen and oxygen atoms in total. The van der Waals surface area contributed by atoms with Crippen molar-refractivity contribution in [1.29, 1.82) is 0 Å². The molecule has 2 heterocycles. The number of halogens is 4. The third-order valence-corrected chi connectivity index (χ3v) is 5.31. The molecule has 0 aliphatic rings. The molecule has 0 spiro atoms. The first-order chi connectivity index (χ1) is 13.7. The molecule has 4 aromatic rings. The summed E-state index contributed by atoms with van der Waals surface area (Å²) in [6.45, 7) is 0. The summed E-state index contributed by atoms with van der Waals surface area (Å²) in [7, 11) is 2.97. The Morgan fingerprint density at radius 2 is 2.00 bits per heavy atom. The van der Waals surface area contributed by atoms with E-state index >= 15 is 0 Å². The quantitative estimate of drug-likeness (QED) is 0.471. The minimum absolute atomic E-state index is 0. The number of anilines is 2. The van der Waals surface area contributed by atoms with Gasteiger partial charge < -0.3 is 20.4 Å². The number of aryl methyl sites for hydroxylation is 1. The Hall–Kier alpha value is -3.05. The van der Waals surface area contributed by atoms with Crippen LogP contribution < -0.4 is 15.8 Å². The molecule has 1 amide bonds. The van der Waals surface area contributed by atoms with Gasteiger partial charge in [0.05, 0.1) is 29.3 Å². The van der Waals surface area contributed by atoms with E-state index in [-0.39, 0.29) is 23.7 Å². The van der Waals surface area contributed by atoms with E-state index in [0.717, 1.165) is 17.3 Å². The number of nitrogens with one attached hydrogen (secondary N) is 1. The standard InChI is InChI=1S/C18H14F3N5O2S.ClH/c1-26-7-23-13-11(26)3-4-12-14(13)25-17(29-12)24-10-6-8(16(22)27)5-9(15(10)28-2)18(19,20)21;/h3-7H,1-2H3,(H2,22,27)(H,24,25);1H. The molecule has 0 saturated carbocycles. The predicted molar refractivity (Wildman–Crippen MR) is 111 cm³/mol. The molecule has 0 fully saturated rings. The molecule has 30 heavy (non-hydrogen) atoms. The number of hydrogen-bond donors (Lipinski definition) is 2.